The Labute approximate surface area is 190 Å². The minimum Gasteiger partial charge on any atom is -0.330 e. The molecule has 2 atom stereocenters. The number of fused-ring (bicyclic) bond motifs is 1. The van der Waals surface area contributed by atoms with Crippen molar-refractivity contribution < 1.29 is 9.59 Å². The van der Waals surface area contributed by atoms with Crippen molar-refractivity contribution in [2.75, 3.05) is 13.1 Å². The lowest BCUT2D eigenvalue weighted by atomic mass is 9.92. The third kappa shape index (κ3) is 4.57. The third-order valence-electron chi connectivity index (χ3n) is 7.10. The average molecular weight is 439 g/mol. The first-order valence-electron chi connectivity index (χ1n) is 11.7. The lowest BCUT2D eigenvalue weighted by Crippen LogP contribution is -2.50. The molecule has 31 heavy (non-hydrogen) atoms. The summed E-state index contributed by atoms with van der Waals surface area (Å²) in [5.74, 6) is 0.342. The van der Waals surface area contributed by atoms with E-state index in [4.69, 9.17) is 0 Å². The zero-order valence-electron chi connectivity index (χ0n) is 19.0. The summed E-state index contributed by atoms with van der Waals surface area (Å²) in [4.78, 5) is 32.2. The Morgan fingerprint density at radius 1 is 1.16 bits per heavy atom. The summed E-state index contributed by atoms with van der Waals surface area (Å²) >= 11 is 1.78. The molecule has 4 nitrogen and oxygen atoms in total. The van der Waals surface area contributed by atoms with E-state index in [0.29, 0.717) is 6.54 Å². The van der Waals surface area contributed by atoms with Crippen molar-refractivity contribution in [2.45, 2.75) is 71.4 Å². The zero-order valence-corrected chi connectivity index (χ0v) is 19.8. The van der Waals surface area contributed by atoms with Gasteiger partial charge in [0.05, 0.1) is 6.04 Å². The summed E-state index contributed by atoms with van der Waals surface area (Å²) in [6, 6.07) is 10.7. The number of aryl methyl sites for hydroxylation is 1. The molecule has 0 N–H and O–H groups in total. The van der Waals surface area contributed by atoms with Crippen LogP contribution in [-0.4, -0.2) is 40.7 Å². The highest BCUT2D eigenvalue weighted by Crippen LogP contribution is 2.38. The van der Waals surface area contributed by atoms with Crippen LogP contribution < -0.4 is 0 Å². The van der Waals surface area contributed by atoms with Gasteiger partial charge in [-0.1, -0.05) is 49.6 Å². The van der Waals surface area contributed by atoms with Crippen LogP contribution in [0.1, 0.15) is 73.6 Å². The first kappa shape index (κ1) is 22.1. The van der Waals surface area contributed by atoms with Crippen LogP contribution in [0.2, 0.25) is 0 Å². The van der Waals surface area contributed by atoms with E-state index in [1.165, 1.54) is 16.0 Å². The van der Waals surface area contributed by atoms with Gasteiger partial charge >= 0.3 is 0 Å². The molecule has 1 saturated carbocycles. The number of hydrogen-bond donors (Lipinski definition) is 0. The third-order valence-corrected chi connectivity index (χ3v) is 8.09. The van der Waals surface area contributed by atoms with E-state index in [-0.39, 0.29) is 36.4 Å². The number of thiophene rings is 1. The topological polar surface area (TPSA) is 40.6 Å². The van der Waals surface area contributed by atoms with E-state index >= 15 is 0 Å². The monoisotopic (exact) mass is 438 g/mol. The molecule has 1 aromatic carbocycles. The van der Waals surface area contributed by atoms with Gasteiger partial charge in [0.25, 0.3) is 0 Å². The van der Waals surface area contributed by atoms with Crippen LogP contribution in [0.5, 0.6) is 0 Å². The van der Waals surface area contributed by atoms with Gasteiger partial charge in [-0.25, -0.2) is 0 Å². The molecule has 4 rings (SSSR count). The van der Waals surface area contributed by atoms with E-state index in [1.807, 2.05) is 9.80 Å². The van der Waals surface area contributed by atoms with Crippen molar-refractivity contribution >= 4 is 23.2 Å². The number of nitrogens with zero attached hydrogens (tertiary/aromatic N) is 2. The van der Waals surface area contributed by atoms with Gasteiger partial charge in [-0.05, 0) is 62.1 Å². The van der Waals surface area contributed by atoms with Gasteiger partial charge in [-0.15, -0.1) is 11.3 Å². The van der Waals surface area contributed by atoms with Gasteiger partial charge in [0.1, 0.15) is 6.54 Å². The van der Waals surface area contributed by atoms with Crippen LogP contribution in [0.3, 0.4) is 0 Å². The Morgan fingerprint density at radius 3 is 2.55 bits per heavy atom. The molecule has 0 saturated heterocycles. The molecule has 2 aliphatic rings. The number of carbonyl (C=O) groups excluding carboxylic acids is 2. The van der Waals surface area contributed by atoms with E-state index in [0.717, 1.165) is 44.1 Å². The van der Waals surface area contributed by atoms with Gasteiger partial charge in [0.2, 0.25) is 11.8 Å². The Balaban J connectivity index is 1.60. The van der Waals surface area contributed by atoms with Crippen LogP contribution in [0.25, 0.3) is 0 Å². The minimum absolute atomic E-state index is 0.0640. The van der Waals surface area contributed by atoms with E-state index in [2.05, 4.69) is 56.5 Å². The Kier molecular flexibility index (Phi) is 6.80. The molecule has 0 bridgehead atoms. The standard InChI is InChI=1S/C26H34N2O2S/c1-4-19(3)28(26(30)21-7-5-6-8-21)17-24(29)27-15-13-23-22(14-16-31-23)25(27)20-11-9-18(2)10-12-20/h9-12,14,16,19,21,25H,4-8,13,15,17H2,1-3H3. The van der Waals surface area contributed by atoms with Gasteiger partial charge in [-0.3, -0.25) is 9.59 Å². The lowest BCUT2D eigenvalue weighted by Gasteiger charge is -2.39. The van der Waals surface area contributed by atoms with Crippen molar-refractivity contribution in [3.05, 3.63) is 57.3 Å². The normalized spacial score (nSPS) is 19.8. The fraction of sp³-hybridized carbons (Fsp3) is 0.538. The number of benzene rings is 1. The molecule has 0 radical (unpaired) electrons. The van der Waals surface area contributed by atoms with Crippen molar-refractivity contribution in [2.24, 2.45) is 5.92 Å². The molecule has 2 aromatic rings. The average Bonchev–Trinajstić information content (AvgIpc) is 3.48. The Bertz CT molecular complexity index is 914. The van der Waals surface area contributed by atoms with Crippen molar-refractivity contribution in [3.8, 4) is 0 Å². The highest BCUT2D eigenvalue weighted by Gasteiger charge is 2.36. The first-order chi connectivity index (χ1) is 15.0. The largest absolute Gasteiger partial charge is 0.330 e. The van der Waals surface area contributed by atoms with E-state index < -0.39 is 0 Å². The maximum Gasteiger partial charge on any atom is 0.243 e. The van der Waals surface area contributed by atoms with E-state index in [9.17, 15) is 9.59 Å². The summed E-state index contributed by atoms with van der Waals surface area (Å²) in [5.41, 5.74) is 3.61. The summed E-state index contributed by atoms with van der Waals surface area (Å²) < 4.78 is 0. The minimum atomic E-state index is -0.0662. The van der Waals surface area contributed by atoms with Gasteiger partial charge < -0.3 is 9.80 Å². The highest BCUT2D eigenvalue weighted by atomic mass is 32.1. The predicted octanol–water partition coefficient (Wildman–Crippen LogP) is 5.35. The first-order valence-corrected chi connectivity index (χ1v) is 12.6. The summed E-state index contributed by atoms with van der Waals surface area (Å²) in [6.07, 6.45) is 5.94. The van der Waals surface area contributed by atoms with Crippen LogP contribution in [0.4, 0.5) is 0 Å². The van der Waals surface area contributed by atoms with Crippen LogP contribution in [0.15, 0.2) is 35.7 Å². The zero-order chi connectivity index (χ0) is 22.0. The van der Waals surface area contributed by atoms with Crippen LogP contribution in [0, 0.1) is 12.8 Å². The van der Waals surface area contributed by atoms with Gasteiger partial charge in [0, 0.05) is 23.4 Å². The molecule has 166 valence electrons. The number of rotatable bonds is 6. The highest BCUT2D eigenvalue weighted by molar-refractivity contribution is 7.10. The molecule has 5 heteroatoms. The number of amides is 2. The molecular formula is C26H34N2O2S. The van der Waals surface area contributed by atoms with Gasteiger partial charge in [0.15, 0.2) is 0 Å². The van der Waals surface area contributed by atoms with E-state index in [1.54, 1.807) is 11.3 Å². The molecular weight excluding hydrogens is 404 g/mol. The maximum absolute atomic E-state index is 13.7. The second kappa shape index (κ2) is 9.56. The number of hydrogen-bond acceptors (Lipinski definition) is 3. The number of carbonyl (C=O) groups is 2. The molecule has 2 unspecified atom stereocenters. The maximum atomic E-state index is 13.7. The molecule has 1 fully saturated rings. The molecule has 2 amide bonds. The molecule has 1 aliphatic heterocycles. The molecule has 1 aromatic heterocycles. The predicted molar refractivity (Wildman–Crippen MR) is 126 cm³/mol. The van der Waals surface area contributed by atoms with Crippen molar-refractivity contribution in [1.29, 1.82) is 0 Å². The quantitative estimate of drug-likeness (QED) is 0.610. The molecule has 2 heterocycles. The summed E-state index contributed by atoms with van der Waals surface area (Å²) in [7, 11) is 0. The van der Waals surface area contributed by atoms with Crippen LogP contribution >= 0.6 is 11.3 Å². The second-order valence-electron chi connectivity index (χ2n) is 9.15. The fourth-order valence-corrected chi connectivity index (χ4v) is 5.91. The van der Waals surface area contributed by atoms with Gasteiger partial charge in [-0.2, -0.15) is 0 Å². The summed E-state index contributed by atoms with van der Waals surface area (Å²) in [5, 5.41) is 2.13. The smallest absolute Gasteiger partial charge is 0.243 e. The fourth-order valence-electron chi connectivity index (χ4n) is 5.01. The van der Waals surface area contributed by atoms with Crippen molar-refractivity contribution in [3.63, 3.8) is 0 Å². The lowest BCUT2D eigenvalue weighted by molar-refractivity contribution is -0.145. The van der Waals surface area contributed by atoms with Crippen molar-refractivity contribution in [1.82, 2.24) is 9.80 Å². The van der Waals surface area contributed by atoms with Crippen LogP contribution in [-0.2, 0) is 16.0 Å². The Hall–Kier alpha value is -2.14. The Morgan fingerprint density at radius 2 is 1.87 bits per heavy atom. The summed E-state index contributed by atoms with van der Waals surface area (Å²) in [6.45, 7) is 7.15. The SMILES string of the molecule is CCC(C)N(CC(=O)N1CCc2sccc2C1c1ccc(C)cc1)C(=O)C1CCCC1. The second-order valence-corrected chi connectivity index (χ2v) is 10.2. The molecule has 0 spiro atoms. The molecule has 1 aliphatic carbocycles.